The number of nitrogens with two attached hydrogens (primary N) is 2. The highest BCUT2D eigenvalue weighted by Gasteiger charge is 2.41. The summed E-state index contributed by atoms with van der Waals surface area (Å²) in [6.45, 7) is 6.18. The minimum Gasteiger partial charge on any atom is -0.371 e. The van der Waals surface area contributed by atoms with E-state index >= 15 is 0 Å². The third-order valence-electron chi connectivity index (χ3n) is 10.3. The first-order chi connectivity index (χ1) is 18.9. The van der Waals surface area contributed by atoms with Gasteiger partial charge < -0.3 is 37.5 Å². The Hall–Kier alpha value is -0.480. The Kier molecular flexibility index (Phi) is 12.6. The number of ether oxygens (including phenoxy) is 1. The Morgan fingerprint density at radius 2 is 1.74 bits per heavy atom. The number of hydrogen-bond acceptors (Lipinski definition) is 7. The summed E-state index contributed by atoms with van der Waals surface area (Å²) in [4.78, 5) is 13.5. The zero-order valence-corrected chi connectivity index (χ0v) is 25.2. The maximum atomic E-state index is 13.5. The first-order valence-electron chi connectivity index (χ1n) is 16.1. The van der Waals surface area contributed by atoms with Crippen LogP contribution >= 0.6 is 11.6 Å². The molecule has 2 saturated heterocycles. The van der Waals surface area contributed by atoms with Gasteiger partial charge in [-0.25, -0.2) is 0 Å². The first-order valence-corrected chi connectivity index (χ1v) is 16.6. The minimum absolute atomic E-state index is 0.00258. The van der Waals surface area contributed by atoms with Crippen molar-refractivity contribution < 1.29 is 9.53 Å². The Morgan fingerprint density at radius 3 is 2.38 bits per heavy atom. The SMILES string of the molecule is CC(NCC(Cl)CCC1(C2CCC2)CCCCCC1)C(C(=O)N[C@H]1CNCCC1OC1CCCNC1)C(N)N. The van der Waals surface area contributed by atoms with Crippen LogP contribution in [0.15, 0.2) is 0 Å². The van der Waals surface area contributed by atoms with Gasteiger partial charge >= 0.3 is 0 Å². The van der Waals surface area contributed by atoms with Gasteiger partial charge in [-0.2, -0.15) is 0 Å². The zero-order valence-electron chi connectivity index (χ0n) is 24.4. The van der Waals surface area contributed by atoms with Crippen molar-refractivity contribution >= 4 is 17.5 Å². The molecule has 2 heterocycles. The van der Waals surface area contributed by atoms with E-state index in [2.05, 4.69) is 21.3 Å². The molecule has 39 heavy (non-hydrogen) atoms. The molecule has 0 bridgehead atoms. The summed E-state index contributed by atoms with van der Waals surface area (Å²) in [6, 6.07) is -0.271. The van der Waals surface area contributed by atoms with Crippen molar-refractivity contribution in [2.75, 3.05) is 32.7 Å². The average Bonchev–Trinajstić information content (AvgIpc) is 3.13. The maximum absolute atomic E-state index is 13.5. The zero-order chi connectivity index (χ0) is 27.7. The van der Waals surface area contributed by atoms with Crippen molar-refractivity contribution in [3.05, 3.63) is 0 Å². The van der Waals surface area contributed by atoms with Crippen LogP contribution in [0.1, 0.15) is 96.8 Å². The van der Waals surface area contributed by atoms with Crippen molar-refractivity contribution in [2.24, 2.45) is 28.7 Å². The van der Waals surface area contributed by atoms with Crippen LogP contribution in [-0.2, 0) is 9.53 Å². The fourth-order valence-corrected chi connectivity index (χ4v) is 7.84. The van der Waals surface area contributed by atoms with E-state index in [1.165, 1.54) is 64.2 Å². The second kappa shape index (κ2) is 15.7. The van der Waals surface area contributed by atoms with E-state index in [4.69, 9.17) is 27.8 Å². The van der Waals surface area contributed by atoms with Gasteiger partial charge in [0, 0.05) is 31.1 Å². The van der Waals surface area contributed by atoms with E-state index < -0.39 is 12.1 Å². The molecule has 0 aromatic heterocycles. The maximum Gasteiger partial charge on any atom is 0.227 e. The lowest BCUT2D eigenvalue weighted by atomic mass is 9.59. The second-order valence-electron chi connectivity index (χ2n) is 13.1. The highest BCUT2D eigenvalue weighted by Crippen LogP contribution is 2.52. The Morgan fingerprint density at radius 1 is 1.00 bits per heavy atom. The number of rotatable bonds is 13. The molecule has 2 saturated carbocycles. The van der Waals surface area contributed by atoms with Crippen LogP contribution in [-0.4, -0.2) is 74.5 Å². The van der Waals surface area contributed by atoms with Crippen LogP contribution in [0.4, 0.5) is 0 Å². The largest absolute Gasteiger partial charge is 0.371 e. The molecule has 2 aliphatic heterocycles. The van der Waals surface area contributed by atoms with Crippen molar-refractivity contribution in [1.29, 1.82) is 0 Å². The lowest BCUT2D eigenvalue weighted by Gasteiger charge is -2.46. The van der Waals surface area contributed by atoms with Gasteiger partial charge in [-0.05, 0) is 89.1 Å². The molecule has 0 aromatic carbocycles. The van der Waals surface area contributed by atoms with Crippen LogP contribution in [0, 0.1) is 17.3 Å². The van der Waals surface area contributed by atoms with Crippen LogP contribution in [0.2, 0.25) is 0 Å². The standard InChI is InChI=1S/C30H57ClN6O2/c1-21(36-18-23(31)11-15-30(22-8-6-9-22)13-4-2-3-5-14-30)27(28(32)33)29(38)37-25-20-35-17-12-26(25)39-24-10-7-16-34-19-24/h21-28,34-36H,2-20,32-33H2,1H3,(H,37,38)/t21?,23?,24?,25-,26?,27?/m0/s1. The molecular weight excluding hydrogens is 512 g/mol. The van der Waals surface area contributed by atoms with Crippen molar-refractivity contribution in [3.8, 4) is 0 Å². The second-order valence-corrected chi connectivity index (χ2v) is 13.7. The Bertz CT molecular complexity index is 724. The molecule has 2 aliphatic carbocycles. The average molecular weight is 569 g/mol. The summed E-state index contributed by atoms with van der Waals surface area (Å²) >= 11 is 6.89. The normalized spacial score (nSPS) is 30.6. The smallest absolute Gasteiger partial charge is 0.227 e. The fourth-order valence-electron chi connectivity index (χ4n) is 7.64. The number of hydrogen-bond donors (Lipinski definition) is 6. The third-order valence-corrected chi connectivity index (χ3v) is 10.7. The van der Waals surface area contributed by atoms with Gasteiger partial charge in [0.05, 0.1) is 30.3 Å². The first kappa shape index (κ1) is 31.5. The lowest BCUT2D eigenvalue weighted by molar-refractivity contribution is -0.129. The fraction of sp³-hybridized carbons (Fsp3) is 0.967. The topological polar surface area (TPSA) is 126 Å². The summed E-state index contributed by atoms with van der Waals surface area (Å²) in [6.07, 6.45) is 17.3. The summed E-state index contributed by atoms with van der Waals surface area (Å²) in [5.74, 6) is 0.254. The highest BCUT2D eigenvalue weighted by atomic mass is 35.5. The van der Waals surface area contributed by atoms with E-state index in [1.807, 2.05) is 6.92 Å². The number of amides is 1. The van der Waals surface area contributed by atoms with E-state index in [-0.39, 0.29) is 35.6 Å². The molecule has 0 aromatic rings. The predicted octanol–water partition coefficient (Wildman–Crippen LogP) is 2.97. The van der Waals surface area contributed by atoms with Crippen LogP contribution in [0.5, 0.6) is 0 Å². The summed E-state index contributed by atoms with van der Waals surface area (Å²) in [5, 5.41) is 13.6. The van der Waals surface area contributed by atoms with Crippen molar-refractivity contribution in [1.82, 2.24) is 21.3 Å². The predicted molar refractivity (Wildman–Crippen MR) is 160 cm³/mol. The van der Waals surface area contributed by atoms with Crippen molar-refractivity contribution in [2.45, 2.75) is 133 Å². The molecule has 0 radical (unpaired) electrons. The highest BCUT2D eigenvalue weighted by molar-refractivity contribution is 6.20. The van der Waals surface area contributed by atoms with Gasteiger partial charge in [0.15, 0.2) is 0 Å². The number of alkyl halides is 1. The van der Waals surface area contributed by atoms with Crippen LogP contribution < -0.4 is 32.7 Å². The van der Waals surface area contributed by atoms with E-state index in [0.29, 0.717) is 18.5 Å². The van der Waals surface area contributed by atoms with Gasteiger partial charge in [-0.3, -0.25) is 4.79 Å². The van der Waals surface area contributed by atoms with Crippen LogP contribution in [0.25, 0.3) is 0 Å². The molecule has 9 heteroatoms. The number of piperidine rings is 2. The molecule has 4 fully saturated rings. The van der Waals surface area contributed by atoms with Gasteiger partial charge in [-0.1, -0.05) is 32.1 Å². The van der Waals surface area contributed by atoms with Gasteiger partial charge in [-0.15, -0.1) is 11.6 Å². The Labute approximate surface area is 242 Å². The summed E-state index contributed by atoms with van der Waals surface area (Å²) < 4.78 is 6.43. The number of nitrogens with one attached hydrogen (secondary N) is 4. The van der Waals surface area contributed by atoms with Crippen LogP contribution in [0.3, 0.4) is 0 Å². The minimum atomic E-state index is -0.757. The molecule has 4 rings (SSSR count). The molecule has 226 valence electrons. The molecule has 0 spiro atoms. The Balaban J connectivity index is 1.25. The van der Waals surface area contributed by atoms with E-state index in [1.54, 1.807) is 0 Å². The quantitative estimate of drug-likeness (QED) is 0.115. The molecule has 4 aliphatic rings. The molecule has 5 unspecified atom stereocenters. The third kappa shape index (κ3) is 9.00. The van der Waals surface area contributed by atoms with Crippen molar-refractivity contribution in [3.63, 3.8) is 0 Å². The molecule has 8 N–H and O–H groups in total. The molecular formula is C30H57ClN6O2. The number of halogens is 1. The molecule has 6 atom stereocenters. The van der Waals surface area contributed by atoms with E-state index in [9.17, 15) is 4.79 Å². The van der Waals surface area contributed by atoms with Gasteiger partial charge in [0.1, 0.15) is 0 Å². The van der Waals surface area contributed by atoms with Gasteiger partial charge in [0.25, 0.3) is 0 Å². The summed E-state index contributed by atoms with van der Waals surface area (Å²) in [7, 11) is 0. The monoisotopic (exact) mass is 568 g/mol. The molecule has 1 amide bonds. The van der Waals surface area contributed by atoms with E-state index in [0.717, 1.165) is 51.2 Å². The molecule has 8 nitrogen and oxygen atoms in total. The lowest BCUT2D eigenvalue weighted by Crippen LogP contribution is -2.61. The number of carbonyl (C=O) groups is 1. The van der Waals surface area contributed by atoms with Gasteiger partial charge in [0.2, 0.25) is 5.91 Å². The number of carbonyl (C=O) groups excluding carboxylic acids is 1. The summed E-state index contributed by atoms with van der Waals surface area (Å²) in [5.41, 5.74) is 12.8.